The van der Waals surface area contributed by atoms with Gasteiger partial charge in [-0.2, -0.15) is 0 Å². The lowest BCUT2D eigenvalue weighted by atomic mass is 9.84. The molecule has 3 aromatic rings. The Morgan fingerprint density at radius 1 is 1.21 bits per heavy atom. The molecule has 2 aliphatic heterocycles. The fourth-order valence-electron chi connectivity index (χ4n) is 4.74. The summed E-state index contributed by atoms with van der Waals surface area (Å²) in [5.74, 6) is -6.18. The van der Waals surface area contributed by atoms with Crippen molar-refractivity contribution in [2.24, 2.45) is 0 Å². The molecule has 5 rings (SSSR count). The van der Waals surface area contributed by atoms with Crippen LogP contribution in [0.4, 0.5) is 18.9 Å². The highest BCUT2D eigenvalue weighted by Gasteiger charge is 2.42. The number of imide groups is 1. The number of carbonyl (C=O) groups is 2. The first-order chi connectivity index (χ1) is 15.8. The molecule has 6 nitrogen and oxygen atoms in total. The van der Waals surface area contributed by atoms with E-state index in [0.29, 0.717) is 30.1 Å². The molecule has 2 aliphatic rings. The second-order valence-electron chi connectivity index (χ2n) is 8.13. The minimum Gasteiger partial charge on any atom is -0.383 e. The van der Waals surface area contributed by atoms with E-state index in [1.807, 2.05) is 29.0 Å². The van der Waals surface area contributed by atoms with E-state index in [9.17, 15) is 22.8 Å². The van der Waals surface area contributed by atoms with Crippen molar-refractivity contribution in [3.8, 4) is 0 Å². The van der Waals surface area contributed by atoms with Crippen LogP contribution in [-0.2, 0) is 20.9 Å². The van der Waals surface area contributed by atoms with Gasteiger partial charge in [0.1, 0.15) is 0 Å². The number of hydrogen-bond donors (Lipinski definition) is 1. The molecule has 1 atom stereocenters. The first-order valence-corrected chi connectivity index (χ1v) is 10.4. The van der Waals surface area contributed by atoms with Crippen LogP contribution in [0.25, 0.3) is 10.9 Å². The summed E-state index contributed by atoms with van der Waals surface area (Å²) < 4.78 is 49.5. The van der Waals surface area contributed by atoms with Crippen molar-refractivity contribution in [3.63, 3.8) is 0 Å². The maximum atomic E-state index is 14.3. The summed E-state index contributed by atoms with van der Waals surface area (Å²) in [4.78, 5) is 26.5. The van der Waals surface area contributed by atoms with Crippen LogP contribution in [0.15, 0.2) is 47.8 Å². The smallest absolute Gasteiger partial charge is 0.259 e. The molecular weight excluding hydrogens is 435 g/mol. The van der Waals surface area contributed by atoms with Crippen molar-refractivity contribution < 1.29 is 27.5 Å². The van der Waals surface area contributed by atoms with Crippen molar-refractivity contribution in [1.82, 2.24) is 9.47 Å². The molecule has 0 aliphatic carbocycles. The van der Waals surface area contributed by atoms with E-state index in [-0.39, 0.29) is 17.7 Å². The third-order valence-electron chi connectivity index (χ3n) is 6.19. The van der Waals surface area contributed by atoms with Gasteiger partial charge >= 0.3 is 0 Å². The van der Waals surface area contributed by atoms with E-state index < -0.39 is 35.2 Å². The lowest BCUT2D eigenvalue weighted by Gasteiger charge is -2.20. The van der Waals surface area contributed by atoms with Gasteiger partial charge in [0.05, 0.1) is 24.2 Å². The highest BCUT2D eigenvalue weighted by molar-refractivity contribution is 6.11. The molecule has 0 spiro atoms. The Morgan fingerprint density at radius 3 is 2.61 bits per heavy atom. The summed E-state index contributed by atoms with van der Waals surface area (Å²) in [5.41, 5.74) is 2.93. The average Bonchev–Trinajstić information content (AvgIpc) is 3.25. The predicted octanol–water partition coefficient (Wildman–Crippen LogP) is 3.91. The third kappa shape index (κ3) is 3.22. The fourth-order valence-corrected chi connectivity index (χ4v) is 4.74. The van der Waals surface area contributed by atoms with E-state index in [0.717, 1.165) is 27.9 Å². The standard InChI is InChI=1S/C24H20F3N3O3/c1-12(31)30-11-18-22(24(30)32)20(13-8-15(25)23(27)16(26)9-13)14-10-29(6-7-33-2)19-5-3-4-17(28-18)21(14)19/h3-5,8-10,20,28H,6-7,11H2,1-2H3. The van der Waals surface area contributed by atoms with Crippen LogP contribution < -0.4 is 5.32 Å². The van der Waals surface area contributed by atoms with Crippen molar-refractivity contribution in [2.75, 3.05) is 25.6 Å². The Kier molecular flexibility index (Phi) is 5.01. The fraction of sp³-hybridized carbons (Fsp3) is 0.250. The number of nitrogens with one attached hydrogen (secondary N) is 1. The average molecular weight is 455 g/mol. The van der Waals surface area contributed by atoms with Gasteiger partial charge in [0.2, 0.25) is 5.91 Å². The van der Waals surface area contributed by atoms with Gasteiger partial charge in [-0.3, -0.25) is 14.5 Å². The van der Waals surface area contributed by atoms with Crippen LogP contribution in [0.1, 0.15) is 24.0 Å². The van der Waals surface area contributed by atoms with Crippen molar-refractivity contribution in [3.05, 3.63) is 76.4 Å². The number of nitrogens with zero attached hydrogens (tertiary/aromatic N) is 2. The first-order valence-electron chi connectivity index (χ1n) is 10.4. The zero-order chi connectivity index (χ0) is 23.4. The summed E-state index contributed by atoms with van der Waals surface area (Å²) in [6.45, 7) is 2.23. The molecular formula is C24H20F3N3O3. The number of amides is 2. The number of benzene rings is 2. The lowest BCUT2D eigenvalue weighted by molar-refractivity contribution is -0.139. The van der Waals surface area contributed by atoms with E-state index in [1.165, 1.54) is 6.92 Å². The zero-order valence-electron chi connectivity index (χ0n) is 17.9. The monoisotopic (exact) mass is 455 g/mol. The van der Waals surface area contributed by atoms with Gasteiger partial charge in [-0.05, 0) is 35.4 Å². The van der Waals surface area contributed by atoms with Crippen LogP contribution >= 0.6 is 0 Å². The molecule has 1 aromatic heterocycles. The van der Waals surface area contributed by atoms with Crippen LogP contribution in [0, 0.1) is 17.5 Å². The summed E-state index contributed by atoms with van der Waals surface area (Å²) in [6.07, 6.45) is 1.82. The highest BCUT2D eigenvalue weighted by Crippen LogP contribution is 2.46. The molecule has 0 bridgehead atoms. The van der Waals surface area contributed by atoms with Gasteiger partial charge in [0, 0.05) is 49.5 Å². The molecule has 1 N–H and O–H groups in total. The second-order valence-corrected chi connectivity index (χ2v) is 8.13. The number of anilines is 1. The van der Waals surface area contributed by atoms with Crippen molar-refractivity contribution >= 4 is 28.4 Å². The Balaban J connectivity index is 1.80. The Hall–Kier alpha value is -3.59. The van der Waals surface area contributed by atoms with Crippen molar-refractivity contribution in [2.45, 2.75) is 19.4 Å². The molecule has 9 heteroatoms. The van der Waals surface area contributed by atoms with E-state index in [2.05, 4.69) is 5.32 Å². The van der Waals surface area contributed by atoms with Gasteiger partial charge in [-0.15, -0.1) is 0 Å². The number of ether oxygens (including phenoxy) is 1. The van der Waals surface area contributed by atoms with Crippen LogP contribution in [-0.4, -0.2) is 41.5 Å². The Morgan fingerprint density at radius 2 is 1.94 bits per heavy atom. The Bertz CT molecular complexity index is 1340. The first kappa shape index (κ1) is 21.3. The molecule has 170 valence electrons. The van der Waals surface area contributed by atoms with Gasteiger partial charge < -0.3 is 14.6 Å². The lowest BCUT2D eigenvalue weighted by Crippen LogP contribution is -2.33. The van der Waals surface area contributed by atoms with E-state index in [4.69, 9.17) is 4.74 Å². The number of hydrogen-bond acceptors (Lipinski definition) is 4. The summed E-state index contributed by atoms with van der Waals surface area (Å²) >= 11 is 0. The zero-order valence-corrected chi connectivity index (χ0v) is 17.9. The molecule has 0 fully saturated rings. The van der Waals surface area contributed by atoms with Crippen LogP contribution in [0.2, 0.25) is 0 Å². The molecule has 0 radical (unpaired) electrons. The van der Waals surface area contributed by atoms with Crippen molar-refractivity contribution in [1.29, 1.82) is 0 Å². The molecule has 1 unspecified atom stereocenters. The Labute approximate surface area is 187 Å². The molecule has 2 aromatic carbocycles. The largest absolute Gasteiger partial charge is 0.383 e. The SMILES string of the molecule is COCCn1cc2c3c(cccc31)NC1=C(C(=O)N(C(C)=O)C1)C2c1cc(F)c(F)c(F)c1. The highest BCUT2D eigenvalue weighted by atomic mass is 19.2. The molecule has 2 amide bonds. The van der Waals surface area contributed by atoms with Gasteiger partial charge in [0.25, 0.3) is 5.91 Å². The maximum Gasteiger partial charge on any atom is 0.259 e. The minimum atomic E-state index is -1.58. The topological polar surface area (TPSA) is 63.6 Å². The molecule has 3 heterocycles. The molecule has 0 saturated carbocycles. The number of aromatic nitrogens is 1. The number of carbonyl (C=O) groups excluding carboxylic acids is 2. The predicted molar refractivity (Wildman–Crippen MR) is 115 cm³/mol. The van der Waals surface area contributed by atoms with Gasteiger partial charge in [-0.1, -0.05) is 6.07 Å². The molecule has 33 heavy (non-hydrogen) atoms. The third-order valence-corrected chi connectivity index (χ3v) is 6.19. The normalized spacial score (nSPS) is 17.4. The van der Waals surface area contributed by atoms with Gasteiger partial charge in [0.15, 0.2) is 17.5 Å². The number of rotatable bonds is 4. The van der Waals surface area contributed by atoms with Crippen LogP contribution in [0.3, 0.4) is 0 Å². The van der Waals surface area contributed by atoms with E-state index >= 15 is 0 Å². The number of halogens is 3. The summed E-state index contributed by atoms with van der Waals surface area (Å²) in [6, 6.07) is 7.41. The second kappa shape index (κ2) is 7.77. The quantitative estimate of drug-likeness (QED) is 0.606. The summed E-state index contributed by atoms with van der Waals surface area (Å²) in [7, 11) is 1.58. The maximum absolute atomic E-state index is 14.3. The van der Waals surface area contributed by atoms with E-state index in [1.54, 1.807) is 7.11 Å². The summed E-state index contributed by atoms with van der Waals surface area (Å²) in [5, 5.41) is 4.05. The van der Waals surface area contributed by atoms with Crippen LogP contribution in [0.5, 0.6) is 0 Å². The van der Waals surface area contributed by atoms with Gasteiger partial charge in [-0.25, -0.2) is 13.2 Å². The number of methoxy groups -OCH3 is 1. The minimum absolute atomic E-state index is 0.0104. The molecule has 0 saturated heterocycles.